The van der Waals surface area contributed by atoms with Gasteiger partial charge in [0.2, 0.25) is 11.8 Å². The molecule has 3 fully saturated rings. The third-order valence-corrected chi connectivity index (χ3v) is 11.1. The third kappa shape index (κ3) is 6.33. The Morgan fingerprint density at radius 3 is 2.70 bits per heavy atom. The molecule has 1 amide bonds. The quantitative estimate of drug-likeness (QED) is 0.186. The van der Waals surface area contributed by atoms with Gasteiger partial charge in [0.1, 0.15) is 28.9 Å². The van der Waals surface area contributed by atoms with Gasteiger partial charge < -0.3 is 34.6 Å². The number of halogens is 2. The molecule has 0 radical (unpaired) electrons. The van der Waals surface area contributed by atoms with Crippen LogP contribution in [0.5, 0.6) is 11.6 Å². The van der Waals surface area contributed by atoms with Crippen molar-refractivity contribution < 1.29 is 38.0 Å². The van der Waals surface area contributed by atoms with Crippen molar-refractivity contribution in [2.75, 3.05) is 64.1 Å². The fourth-order valence-electron chi connectivity index (χ4n) is 8.28. The number of morpholine rings is 1. The summed E-state index contributed by atoms with van der Waals surface area (Å²) >= 11 is 0. The molecule has 0 bridgehead atoms. The fraction of sp³-hybridized carbons (Fsp3) is 0.425. The summed E-state index contributed by atoms with van der Waals surface area (Å²) in [6.07, 6.45) is 10.1. The lowest BCUT2D eigenvalue weighted by atomic mass is 9.80. The second kappa shape index (κ2) is 13.5. The lowest BCUT2D eigenvalue weighted by Gasteiger charge is -2.43. The smallest absolute Gasteiger partial charge is 0.243 e. The molecule has 1 saturated carbocycles. The summed E-state index contributed by atoms with van der Waals surface area (Å²) in [6, 6.07) is 4.93. The van der Waals surface area contributed by atoms with Gasteiger partial charge in [0.15, 0.2) is 5.82 Å². The summed E-state index contributed by atoms with van der Waals surface area (Å²) in [7, 11) is 0. The van der Waals surface area contributed by atoms with E-state index in [1.54, 1.807) is 6.92 Å². The van der Waals surface area contributed by atoms with Crippen LogP contribution in [-0.2, 0) is 19.9 Å². The number of nitrogens with zero attached hydrogens (tertiary/aromatic N) is 4. The molecular formula is C40H41F2N5O6. The molecule has 2 saturated heterocycles. The molecule has 4 aliphatic rings. The minimum atomic E-state index is -1.45. The van der Waals surface area contributed by atoms with Gasteiger partial charge in [-0.25, -0.2) is 13.8 Å². The monoisotopic (exact) mass is 725 g/mol. The van der Waals surface area contributed by atoms with Gasteiger partial charge >= 0.3 is 0 Å². The van der Waals surface area contributed by atoms with Crippen molar-refractivity contribution in [2.45, 2.75) is 43.9 Å². The maximum Gasteiger partial charge on any atom is 0.243 e. The number of phenols is 1. The number of anilines is 1. The molecule has 3 aliphatic heterocycles. The fourth-order valence-corrected chi connectivity index (χ4v) is 8.28. The van der Waals surface area contributed by atoms with Crippen molar-refractivity contribution in [3.05, 3.63) is 65.9 Å². The van der Waals surface area contributed by atoms with E-state index < -0.39 is 29.4 Å². The average Bonchev–Trinajstić information content (AvgIpc) is 3.96. The number of phenolic OH excluding ortho intramolecular Hbond substituents is 1. The summed E-state index contributed by atoms with van der Waals surface area (Å²) in [5.41, 5.74) is -1.09. The summed E-state index contributed by atoms with van der Waals surface area (Å²) in [5, 5.41) is 26.9. The number of aliphatic hydroxyl groups is 1. The minimum absolute atomic E-state index is 0.0905. The molecule has 0 spiro atoms. The number of benzene rings is 2. The molecule has 11 nitrogen and oxygen atoms in total. The van der Waals surface area contributed by atoms with Crippen LogP contribution in [0.25, 0.3) is 32.9 Å². The number of amides is 1. The first-order valence-electron chi connectivity index (χ1n) is 17.9. The number of nitrogens with one attached hydrogen (secondary N) is 1. The van der Waals surface area contributed by atoms with E-state index in [1.807, 2.05) is 4.90 Å². The van der Waals surface area contributed by atoms with Gasteiger partial charge in [-0.2, -0.15) is 0 Å². The number of aromatic hydroxyl groups is 1. The predicted molar refractivity (Wildman–Crippen MR) is 195 cm³/mol. The first-order valence-corrected chi connectivity index (χ1v) is 17.9. The molecule has 1 aliphatic carbocycles. The van der Waals surface area contributed by atoms with Crippen molar-refractivity contribution in [2.24, 2.45) is 5.41 Å². The zero-order valence-corrected chi connectivity index (χ0v) is 29.5. The lowest BCUT2D eigenvalue weighted by molar-refractivity contribution is -0.117. The molecule has 1 unspecified atom stereocenters. The van der Waals surface area contributed by atoms with Crippen molar-refractivity contribution in [3.63, 3.8) is 0 Å². The van der Waals surface area contributed by atoms with E-state index >= 15 is 8.78 Å². The predicted octanol–water partition coefficient (Wildman–Crippen LogP) is 4.39. The summed E-state index contributed by atoms with van der Waals surface area (Å²) in [5.74, 6) is 0.416. The molecule has 5 heterocycles. The van der Waals surface area contributed by atoms with Crippen molar-refractivity contribution in [1.29, 1.82) is 0 Å². The van der Waals surface area contributed by atoms with Gasteiger partial charge in [0.05, 0.1) is 54.9 Å². The first kappa shape index (κ1) is 35.2. The maximum atomic E-state index is 17.3. The molecule has 276 valence electrons. The average molecular weight is 726 g/mol. The van der Waals surface area contributed by atoms with Crippen molar-refractivity contribution in [3.8, 4) is 35.2 Å². The SMILES string of the molecule is C#Cc1c(F)ccc2cc(O)cc(-c3ncc4c(N5CCOCC(NC(=O)C=C)C5)c5c(nc4c3F)O[C@H](C3(CN4CCOCC4)CC3)C[C@]5(C)O)c12. The van der Waals surface area contributed by atoms with Crippen LogP contribution in [0, 0.1) is 29.4 Å². The van der Waals surface area contributed by atoms with Crippen molar-refractivity contribution in [1.82, 2.24) is 20.2 Å². The van der Waals surface area contributed by atoms with Gasteiger partial charge in [0.25, 0.3) is 0 Å². The highest BCUT2D eigenvalue weighted by Gasteiger charge is 2.56. The third-order valence-electron chi connectivity index (χ3n) is 11.1. The molecule has 3 N–H and O–H groups in total. The zero-order valence-electron chi connectivity index (χ0n) is 29.5. The minimum Gasteiger partial charge on any atom is -0.508 e. The molecule has 4 aromatic rings. The Balaban J connectivity index is 1.32. The second-order valence-corrected chi connectivity index (χ2v) is 14.7. The molecule has 53 heavy (non-hydrogen) atoms. The maximum absolute atomic E-state index is 17.3. The van der Waals surface area contributed by atoms with Crippen LogP contribution in [0.2, 0.25) is 0 Å². The van der Waals surface area contributed by atoms with Crippen LogP contribution in [-0.4, -0.2) is 102 Å². The highest BCUT2D eigenvalue weighted by atomic mass is 19.1. The van der Waals surface area contributed by atoms with Crippen LogP contribution >= 0.6 is 0 Å². The summed E-state index contributed by atoms with van der Waals surface area (Å²) in [4.78, 5) is 26.0. The van der Waals surface area contributed by atoms with E-state index in [1.165, 1.54) is 36.5 Å². The zero-order chi connectivity index (χ0) is 37.1. The van der Waals surface area contributed by atoms with E-state index in [0.717, 1.165) is 32.5 Å². The van der Waals surface area contributed by atoms with Crippen LogP contribution in [0.3, 0.4) is 0 Å². The summed E-state index contributed by atoms with van der Waals surface area (Å²) < 4.78 is 50.5. The van der Waals surface area contributed by atoms with Gasteiger partial charge in [0, 0.05) is 67.1 Å². The van der Waals surface area contributed by atoms with Crippen LogP contribution in [0.4, 0.5) is 14.5 Å². The van der Waals surface area contributed by atoms with E-state index in [4.69, 9.17) is 25.6 Å². The van der Waals surface area contributed by atoms with Crippen LogP contribution in [0.1, 0.15) is 37.3 Å². The summed E-state index contributed by atoms with van der Waals surface area (Å²) in [6.45, 7) is 10.1. The molecule has 13 heteroatoms. The largest absolute Gasteiger partial charge is 0.508 e. The number of rotatable bonds is 7. The Hall–Kier alpha value is -4.87. The number of fused-ring (bicyclic) bond motifs is 3. The highest BCUT2D eigenvalue weighted by Crippen LogP contribution is 2.57. The topological polar surface area (TPSA) is 130 Å². The van der Waals surface area contributed by atoms with E-state index in [0.29, 0.717) is 41.8 Å². The Morgan fingerprint density at radius 1 is 1.19 bits per heavy atom. The number of pyridine rings is 2. The standard InChI is InChI=1S/C40H41F2N5O6/c1-4-26-29(41)7-6-23-16-25(48)17-27(32(23)26)35-34(42)36-28(19-43-35)37(47-12-15-52-21-24(20-47)44-31(49)5-2)33-38(45-36)53-30(18-39(33,3)50)40(8-9-40)22-46-10-13-51-14-11-46/h1,5-7,16-17,19,24,30,48,50H,2,8-15,18,20-22H2,3H3,(H,44,49)/t24?,30-,39-/m0/s1. The van der Waals surface area contributed by atoms with Gasteiger partial charge in [-0.05, 0) is 49.4 Å². The molecule has 2 aromatic heterocycles. The van der Waals surface area contributed by atoms with Crippen LogP contribution < -0.4 is 15.0 Å². The number of carbonyl (C=O) groups is 1. The number of hydrogen-bond donors (Lipinski definition) is 3. The number of carbonyl (C=O) groups excluding carboxylic acids is 1. The first-order chi connectivity index (χ1) is 25.5. The highest BCUT2D eigenvalue weighted by molar-refractivity contribution is 6.03. The van der Waals surface area contributed by atoms with Gasteiger partial charge in [-0.1, -0.05) is 18.6 Å². The van der Waals surface area contributed by atoms with Crippen LogP contribution in [0.15, 0.2) is 43.1 Å². The second-order valence-electron chi connectivity index (χ2n) is 14.7. The van der Waals surface area contributed by atoms with E-state index in [9.17, 15) is 15.0 Å². The Labute approximate surface area is 305 Å². The molecule has 2 aromatic carbocycles. The Kier molecular flexibility index (Phi) is 8.97. The van der Waals surface area contributed by atoms with Gasteiger partial charge in [-0.15, -0.1) is 6.42 Å². The van der Waals surface area contributed by atoms with Crippen molar-refractivity contribution >= 4 is 33.3 Å². The molecular weight excluding hydrogens is 684 g/mol. The number of ether oxygens (including phenoxy) is 3. The molecule has 8 rings (SSSR count). The molecule has 3 atom stereocenters. The Bertz CT molecular complexity index is 2180. The lowest BCUT2D eigenvalue weighted by Crippen LogP contribution is -2.49. The van der Waals surface area contributed by atoms with E-state index in [2.05, 4.69) is 27.7 Å². The number of terminal acetylenes is 1. The number of hydrogen-bond acceptors (Lipinski definition) is 10. The normalized spacial score (nSPS) is 24.2. The van der Waals surface area contributed by atoms with E-state index in [-0.39, 0.29) is 76.9 Å². The Morgan fingerprint density at radius 2 is 1.96 bits per heavy atom. The van der Waals surface area contributed by atoms with Gasteiger partial charge in [-0.3, -0.25) is 14.7 Å². The number of aromatic nitrogens is 2.